The molecule has 0 amide bonds. The molecule has 4 rings (SSSR count). The average molecular weight is 336 g/mol. The number of esters is 1. The van der Waals surface area contributed by atoms with Crippen molar-refractivity contribution in [3.63, 3.8) is 0 Å². The number of benzene rings is 1. The van der Waals surface area contributed by atoms with Crippen molar-refractivity contribution < 1.29 is 19.0 Å². The van der Waals surface area contributed by atoms with E-state index in [1.54, 1.807) is 6.08 Å². The summed E-state index contributed by atoms with van der Waals surface area (Å²) in [5.41, 5.74) is 4.06. The number of hydrogen-bond donors (Lipinski definition) is 0. The van der Waals surface area contributed by atoms with Crippen LogP contribution in [-0.2, 0) is 9.53 Å². The second-order valence-corrected chi connectivity index (χ2v) is 6.44. The van der Waals surface area contributed by atoms with Gasteiger partial charge >= 0.3 is 5.97 Å². The van der Waals surface area contributed by atoms with Crippen molar-refractivity contribution in [1.29, 1.82) is 0 Å². The van der Waals surface area contributed by atoms with Gasteiger partial charge in [-0.3, -0.25) is 4.79 Å². The summed E-state index contributed by atoms with van der Waals surface area (Å²) in [6, 6.07) is 3.97. The summed E-state index contributed by atoms with van der Waals surface area (Å²) in [5, 5.41) is 0. The highest BCUT2D eigenvalue weighted by Gasteiger charge is 2.49. The van der Waals surface area contributed by atoms with E-state index in [2.05, 4.69) is 13.2 Å². The van der Waals surface area contributed by atoms with Crippen molar-refractivity contribution in [2.24, 2.45) is 11.8 Å². The van der Waals surface area contributed by atoms with Crippen LogP contribution in [0.25, 0.3) is 5.57 Å². The Labute approximate surface area is 147 Å². The second-order valence-electron chi connectivity index (χ2n) is 6.44. The monoisotopic (exact) mass is 336 g/mol. The highest BCUT2D eigenvalue weighted by atomic mass is 16.7. The molecule has 25 heavy (non-hydrogen) atoms. The van der Waals surface area contributed by atoms with E-state index in [4.69, 9.17) is 14.2 Å². The zero-order chi connectivity index (χ0) is 17.6. The van der Waals surface area contributed by atoms with Crippen molar-refractivity contribution >= 4 is 11.5 Å². The molecular formula is C21H20O4. The highest BCUT2D eigenvalue weighted by molar-refractivity contribution is 5.87. The van der Waals surface area contributed by atoms with Gasteiger partial charge in [0.05, 0.1) is 12.5 Å². The van der Waals surface area contributed by atoms with Crippen molar-refractivity contribution in [1.82, 2.24) is 0 Å². The third kappa shape index (κ3) is 2.32. The first-order chi connectivity index (χ1) is 12.2. The molecule has 3 atom stereocenters. The van der Waals surface area contributed by atoms with Crippen LogP contribution in [0, 0.1) is 11.8 Å². The lowest BCUT2D eigenvalue weighted by molar-refractivity contribution is -0.141. The number of cyclic esters (lactones) is 1. The molecule has 1 aliphatic carbocycles. The fourth-order valence-corrected chi connectivity index (χ4v) is 4.05. The summed E-state index contributed by atoms with van der Waals surface area (Å²) in [6.45, 7) is 10.6. The van der Waals surface area contributed by atoms with Gasteiger partial charge in [-0.1, -0.05) is 37.5 Å². The fourth-order valence-electron chi connectivity index (χ4n) is 4.05. The lowest BCUT2D eigenvalue weighted by Crippen LogP contribution is -2.30. The van der Waals surface area contributed by atoms with Gasteiger partial charge in [-0.2, -0.15) is 0 Å². The zero-order valence-electron chi connectivity index (χ0n) is 14.2. The Kier molecular flexibility index (Phi) is 3.75. The highest BCUT2D eigenvalue weighted by Crippen LogP contribution is 2.54. The van der Waals surface area contributed by atoms with E-state index in [0.29, 0.717) is 12.4 Å². The molecule has 1 aromatic rings. The van der Waals surface area contributed by atoms with Gasteiger partial charge in [-0.25, -0.2) is 0 Å². The summed E-state index contributed by atoms with van der Waals surface area (Å²) in [4.78, 5) is 12.5. The summed E-state index contributed by atoms with van der Waals surface area (Å²) in [6.07, 6.45) is 7.66. The summed E-state index contributed by atoms with van der Waals surface area (Å²) < 4.78 is 16.5. The van der Waals surface area contributed by atoms with Crippen molar-refractivity contribution in [2.45, 2.75) is 12.8 Å². The van der Waals surface area contributed by atoms with E-state index < -0.39 is 0 Å². The van der Waals surface area contributed by atoms with E-state index in [-0.39, 0.29) is 30.5 Å². The second kappa shape index (κ2) is 5.96. The van der Waals surface area contributed by atoms with Gasteiger partial charge in [-0.05, 0) is 41.3 Å². The molecule has 4 heteroatoms. The topological polar surface area (TPSA) is 44.8 Å². The van der Waals surface area contributed by atoms with E-state index >= 15 is 0 Å². The van der Waals surface area contributed by atoms with Gasteiger partial charge in [0.25, 0.3) is 0 Å². The number of fused-ring (bicyclic) bond motifs is 3. The van der Waals surface area contributed by atoms with Crippen LogP contribution in [-0.4, -0.2) is 19.4 Å². The molecule has 128 valence electrons. The first-order valence-corrected chi connectivity index (χ1v) is 8.40. The standard InChI is InChI=1S/C21H20O4/c1-4-6-7-13(5-2)19-15-9-18-17(24-11-25-18)8-14(15)12(3)16-10-23-21(22)20(16)19/h4-9,16,19-20H,1,3,10-11H2,2H3/b7-6-,13-5+/t16-,19-,20-/m1/s1. The predicted octanol–water partition coefficient (Wildman–Crippen LogP) is 4.00. The molecule has 1 aromatic carbocycles. The molecule has 0 radical (unpaired) electrons. The number of carbonyl (C=O) groups is 1. The minimum absolute atomic E-state index is 0.0162. The van der Waals surface area contributed by atoms with E-state index in [0.717, 1.165) is 28.0 Å². The van der Waals surface area contributed by atoms with Crippen LogP contribution in [0.3, 0.4) is 0 Å². The Morgan fingerprint density at radius 2 is 2.00 bits per heavy atom. The molecule has 0 unspecified atom stereocenters. The van der Waals surface area contributed by atoms with Crippen LogP contribution in [0.15, 0.2) is 55.2 Å². The van der Waals surface area contributed by atoms with Gasteiger partial charge in [-0.15, -0.1) is 0 Å². The van der Waals surface area contributed by atoms with E-state index in [1.807, 2.05) is 37.3 Å². The third-order valence-corrected chi connectivity index (χ3v) is 5.26. The third-order valence-electron chi connectivity index (χ3n) is 5.26. The molecule has 4 nitrogen and oxygen atoms in total. The van der Waals surface area contributed by atoms with E-state index in [1.165, 1.54) is 0 Å². The van der Waals surface area contributed by atoms with Crippen LogP contribution < -0.4 is 9.47 Å². The summed E-state index contributed by atoms with van der Waals surface area (Å²) >= 11 is 0. The largest absolute Gasteiger partial charge is 0.465 e. The van der Waals surface area contributed by atoms with E-state index in [9.17, 15) is 4.79 Å². The Morgan fingerprint density at radius 1 is 1.24 bits per heavy atom. The molecule has 3 aliphatic rings. The minimum atomic E-state index is -0.263. The van der Waals surface area contributed by atoms with Crippen LogP contribution in [0.4, 0.5) is 0 Å². The number of rotatable bonds is 3. The maximum absolute atomic E-state index is 12.5. The Hall–Kier alpha value is -2.75. The quantitative estimate of drug-likeness (QED) is 0.618. The maximum atomic E-state index is 12.5. The van der Waals surface area contributed by atoms with Crippen molar-refractivity contribution in [2.75, 3.05) is 13.4 Å². The molecule has 1 saturated heterocycles. The molecule has 0 N–H and O–H groups in total. The van der Waals surface area contributed by atoms with Gasteiger partial charge in [0.1, 0.15) is 0 Å². The average Bonchev–Trinajstić information content (AvgIpc) is 3.23. The lowest BCUT2D eigenvalue weighted by Gasteiger charge is -2.35. The zero-order valence-corrected chi connectivity index (χ0v) is 14.2. The smallest absolute Gasteiger partial charge is 0.310 e. The number of allylic oxidation sites excluding steroid dienone is 5. The Bertz CT molecular complexity index is 831. The summed E-state index contributed by atoms with van der Waals surface area (Å²) in [5.74, 6) is 0.899. The Balaban J connectivity index is 1.92. The van der Waals surface area contributed by atoms with Gasteiger partial charge < -0.3 is 14.2 Å². The first kappa shape index (κ1) is 15.8. The maximum Gasteiger partial charge on any atom is 0.310 e. The molecule has 0 bridgehead atoms. The lowest BCUT2D eigenvalue weighted by atomic mass is 9.65. The molecule has 1 fully saturated rings. The number of ether oxygens (including phenoxy) is 3. The van der Waals surface area contributed by atoms with Crippen LogP contribution in [0.1, 0.15) is 24.0 Å². The van der Waals surface area contributed by atoms with Crippen LogP contribution in [0.5, 0.6) is 11.5 Å². The SMILES string of the molecule is C=C/C=C\C(=C/C)[C@@H]1c2cc3c(cc2C(=C)[C@H]2COC(=O)[C@H]21)OCO3. The number of hydrogen-bond acceptors (Lipinski definition) is 4. The Morgan fingerprint density at radius 3 is 2.72 bits per heavy atom. The molecule has 2 aliphatic heterocycles. The van der Waals surface area contributed by atoms with Gasteiger partial charge in [0.15, 0.2) is 11.5 Å². The van der Waals surface area contributed by atoms with Crippen molar-refractivity contribution in [3.05, 3.63) is 66.3 Å². The van der Waals surface area contributed by atoms with Crippen LogP contribution >= 0.6 is 0 Å². The minimum Gasteiger partial charge on any atom is -0.465 e. The predicted molar refractivity (Wildman–Crippen MR) is 95.4 cm³/mol. The molecular weight excluding hydrogens is 316 g/mol. The normalized spacial score (nSPS) is 27.2. The summed E-state index contributed by atoms with van der Waals surface area (Å²) in [7, 11) is 0. The van der Waals surface area contributed by atoms with Gasteiger partial charge in [0.2, 0.25) is 6.79 Å². The molecule has 0 saturated carbocycles. The first-order valence-electron chi connectivity index (χ1n) is 8.40. The molecule has 0 spiro atoms. The van der Waals surface area contributed by atoms with Crippen LogP contribution in [0.2, 0.25) is 0 Å². The fraction of sp³-hybridized carbons (Fsp3) is 0.286. The van der Waals surface area contributed by atoms with Gasteiger partial charge in [0, 0.05) is 11.8 Å². The molecule has 2 heterocycles. The molecule has 0 aromatic heterocycles. The van der Waals surface area contributed by atoms with Crippen molar-refractivity contribution in [3.8, 4) is 11.5 Å². The number of carbonyl (C=O) groups excluding carboxylic acids is 1.